The summed E-state index contributed by atoms with van der Waals surface area (Å²) in [7, 11) is -3.31. The molecule has 2 aromatic carbocycles. The third kappa shape index (κ3) is 4.06. The summed E-state index contributed by atoms with van der Waals surface area (Å²) in [6.07, 6.45) is 1.53. The monoisotopic (exact) mass is 387 g/mol. The van der Waals surface area contributed by atoms with Gasteiger partial charge in [0, 0.05) is 0 Å². The fraction of sp³-hybridized carbons (Fsp3) is 0.381. The number of hydrogen-bond acceptors (Lipinski definition) is 4. The number of aliphatic hydroxyl groups is 1. The smallest absolute Gasteiger partial charge is 0.224 e. The van der Waals surface area contributed by atoms with Gasteiger partial charge >= 0.3 is 0 Å². The molecule has 1 aliphatic rings. The highest BCUT2D eigenvalue weighted by molar-refractivity contribution is 7.92. The van der Waals surface area contributed by atoms with E-state index < -0.39 is 20.7 Å². The Morgan fingerprint density at radius 2 is 1.81 bits per heavy atom. The van der Waals surface area contributed by atoms with Gasteiger partial charge in [-0.15, -0.1) is 0 Å². The number of aryl methyl sites for hydroxylation is 1. The summed E-state index contributed by atoms with van der Waals surface area (Å²) in [6, 6.07) is 14.2. The SMILES string of the molecule is CC(C)S(=O)(=O)c1ccc(CC(=O)NC[C@@]2(O)CCc3ccccc32)cc1. The minimum absolute atomic E-state index is 0.139. The van der Waals surface area contributed by atoms with E-state index in [0.717, 1.165) is 23.1 Å². The molecule has 3 rings (SSSR count). The third-order valence-electron chi connectivity index (χ3n) is 5.14. The minimum atomic E-state index is -3.31. The molecule has 0 saturated heterocycles. The summed E-state index contributed by atoms with van der Waals surface area (Å²) in [5.41, 5.74) is 1.71. The second-order valence-corrected chi connectivity index (χ2v) is 9.88. The van der Waals surface area contributed by atoms with Crippen LogP contribution in [0.15, 0.2) is 53.4 Å². The highest BCUT2D eigenvalue weighted by Gasteiger charge is 2.36. The average Bonchev–Trinajstić information content (AvgIpc) is 2.98. The van der Waals surface area contributed by atoms with E-state index in [2.05, 4.69) is 5.32 Å². The van der Waals surface area contributed by atoms with Crippen molar-refractivity contribution in [2.75, 3.05) is 6.54 Å². The molecule has 2 N–H and O–H groups in total. The maximum absolute atomic E-state index is 12.3. The molecule has 0 saturated carbocycles. The van der Waals surface area contributed by atoms with Gasteiger partial charge in [0.2, 0.25) is 5.91 Å². The number of sulfone groups is 1. The molecule has 0 fully saturated rings. The predicted molar refractivity (Wildman–Crippen MR) is 104 cm³/mol. The maximum Gasteiger partial charge on any atom is 0.224 e. The van der Waals surface area contributed by atoms with Crippen LogP contribution in [0.4, 0.5) is 0 Å². The average molecular weight is 388 g/mol. The van der Waals surface area contributed by atoms with E-state index in [1.54, 1.807) is 38.1 Å². The van der Waals surface area contributed by atoms with E-state index in [9.17, 15) is 18.3 Å². The van der Waals surface area contributed by atoms with Crippen LogP contribution in [0.5, 0.6) is 0 Å². The summed E-state index contributed by atoms with van der Waals surface area (Å²) >= 11 is 0. The first kappa shape index (κ1) is 19.6. The van der Waals surface area contributed by atoms with Crippen LogP contribution in [0.3, 0.4) is 0 Å². The Hall–Kier alpha value is -2.18. The number of carbonyl (C=O) groups is 1. The quantitative estimate of drug-likeness (QED) is 0.797. The molecule has 0 spiro atoms. The lowest BCUT2D eigenvalue weighted by Gasteiger charge is -2.24. The summed E-state index contributed by atoms with van der Waals surface area (Å²) in [4.78, 5) is 12.5. The number of hydrogen-bond donors (Lipinski definition) is 2. The van der Waals surface area contributed by atoms with Crippen molar-refractivity contribution in [3.63, 3.8) is 0 Å². The molecule has 5 nitrogen and oxygen atoms in total. The van der Waals surface area contributed by atoms with Gasteiger partial charge in [0.25, 0.3) is 0 Å². The van der Waals surface area contributed by atoms with E-state index in [-0.39, 0.29) is 23.8 Å². The van der Waals surface area contributed by atoms with Gasteiger partial charge in [-0.25, -0.2) is 8.42 Å². The fourth-order valence-corrected chi connectivity index (χ4v) is 4.47. The molecule has 27 heavy (non-hydrogen) atoms. The first-order valence-corrected chi connectivity index (χ1v) is 10.7. The van der Waals surface area contributed by atoms with Crippen LogP contribution in [0.2, 0.25) is 0 Å². The Balaban J connectivity index is 1.61. The molecule has 0 aliphatic heterocycles. The maximum atomic E-state index is 12.3. The lowest BCUT2D eigenvalue weighted by atomic mass is 9.96. The molecular formula is C21H25NO4S. The van der Waals surface area contributed by atoms with E-state index in [4.69, 9.17) is 0 Å². The van der Waals surface area contributed by atoms with Crippen molar-refractivity contribution in [3.8, 4) is 0 Å². The molecule has 1 amide bonds. The molecule has 0 aromatic heterocycles. The zero-order chi connectivity index (χ0) is 19.7. The van der Waals surface area contributed by atoms with Crippen molar-refractivity contribution in [1.82, 2.24) is 5.32 Å². The number of amides is 1. The first-order chi connectivity index (χ1) is 12.7. The minimum Gasteiger partial charge on any atom is -0.383 e. The van der Waals surface area contributed by atoms with Crippen LogP contribution in [-0.4, -0.2) is 31.2 Å². The molecule has 1 atom stereocenters. The van der Waals surface area contributed by atoms with Crippen molar-refractivity contribution in [3.05, 3.63) is 65.2 Å². The van der Waals surface area contributed by atoms with Crippen molar-refractivity contribution in [1.29, 1.82) is 0 Å². The summed E-state index contributed by atoms with van der Waals surface area (Å²) in [5, 5.41) is 13.2. The van der Waals surface area contributed by atoms with Crippen LogP contribution in [0.1, 0.15) is 37.0 Å². The van der Waals surface area contributed by atoms with E-state index in [1.807, 2.05) is 24.3 Å². The molecule has 0 bridgehead atoms. The molecule has 1 aliphatic carbocycles. The second kappa shape index (κ2) is 7.44. The van der Waals surface area contributed by atoms with Gasteiger partial charge in [-0.2, -0.15) is 0 Å². The standard InChI is InChI=1S/C21H25NO4S/c1-15(2)27(25,26)18-9-7-16(8-10-18)13-20(23)22-14-21(24)12-11-17-5-3-4-6-19(17)21/h3-10,15,24H,11-14H2,1-2H3,(H,22,23)/t21-/m0/s1. The molecule has 0 heterocycles. The van der Waals surface area contributed by atoms with Gasteiger partial charge < -0.3 is 10.4 Å². The number of rotatable bonds is 6. The topological polar surface area (TPSA) is 83.5 Å². The molecule has 144 valence electrons. The van der Waals surface area contributed by atoms with Gasteiger partial charge in [0.05, 0.1) is 23.1 Å². The lowest BCUT2D eigenvalue weighted by Crippen LogP contribution is -2.39. The Labute approximate surface area is 160 Å². The molecule has 6 heteroatoms. The Bertz CT molecular complexity index is 935. The number of fused-ring (bicyclic) bond motifs is 1. The zero-order valence-corrected chi connectivity index (χ0v) is 16.4. The molecule has 0 unspecified atom stereocenters. The van der Waals surface area contributed by atoms with Gasteiger partial charge in [0.1, 0.15) is 5.60 Å². The molecular weight excluding hydrogens is 362 g/mol. The van der Waals surface area contributed by atoms with Gasteiger partial charge in [0.15, 0.2) is 9.84 Å². The first-order valence-electron chi connectivity index (χ1n) is 9.13. The largest absolute Gasteiger partial charge is 0.383 e. The van der Waals surface area contributed by atoms with Gasteiger partial charge in [-0.05, 0) is 55.5 Å². The number of benzene rings is 2. The van der Waals surface area contributed by atoms with E-state index >= 15 is 0 Å². The fourth-order valence-electron chi connectivity index (χ4n) is 3.41. The van der Waals surface area contributed by atoms with Crippen LogP contribution in [0, 0.1) is 0 Å². The number of nitrogens with one attached hydrogen (secondary N) is 1. The van der Waals surface area contributed by atoms with Crippen LogP contribution < -0.4 is 5.32 Å². The zero-order valence-electron chi connectivity index (χ0n) is 15.6. The Kier molecular flexibility index (Phi) is 5.40. The van der Waals surface area contributed by atoms with Crippen LogP contribution in [-0.2, 0) is 33.1 Å². The van der Waals surface area contributed by atoms with Gasteiger partial charge in [-0.3, -0.25) is 4.79 Å². The van der Waals surface area contributed by atoms with E-state index in [1.165, 1.54) is 0 Å². The second-order valence-electron chi connectivity index (χ2n) is 7.38. The van der Waals surface area contributed by atoms with Crippen molar-refractivity contribution in [2.24, 2.45) is 0 Å². The van der Waals surface area contributed by atoms with Crippen molar-refractivity contribution in [2.45, 2.75) is 48.9 Å². The highest BCUT2D eigenvalue weighted by Crippen LogP contribution is 2.36. The van der Waals surface area contributed by atoms with Crippen LogP contribution in [0.25, 0.3) is 0 Å². The normalized spacial score (nSPS) is 19.1. The van der Waals surface area contributed by atoms with Crippen molar-refractivity contribution >= 4 is 15.7 Å². The summed E-state index contributed by atoms with van der Waals surface area (Å²) < 4.78 is 24.3. The predicted octanol–water partition coefficient (Wildman–Crippen LogP) is 2.36. The highest BCUT2D eigenvalue weighted by atomic mass is 32.2. The summed E-state index contributed by atoms with van der Waals surface area (Å²) in [6.45, 7) is 3.45. The van der Waals surface area contributed by atoms with Crippen LogP contribution >= 0.6 is 0 Å². The molecule has 2 aromatic rings. The lowest BCUT2D eigenvalue weighted by molar-refractivity contribution is -0.121. The third-order valence-corrected chi connectivity index (χ3v) is 7.31. The Morgan fingerprint density at radius 3 is 2.48 bits per heavy atom. The van der Waals surface area contributed by atoms with Gasteiger partial charge in [-0.1, -0.05) is 36.4 Å². The number of carbonyl (C=O) groups excluding carboxylic acids is 1. The van der Waals surface area contributed by atoms with E-state index in [0.29, 0.717) is 6.42 Å². The summed E-state index contributed by atoms with van der Waals surface area (Å²) in [5.74, 6) is -0.202. The van der Waals surface area contributed by atoms with Crippen molar-refractivity contribution < 1.29 is 18.3 Å². The Morgan fingerprint density at radius 1 is 1.15 bits per heavy atom. The molecule has 0 radical (unpaired) electrons.